The molecule has 2 saturated heterocycles. The van der Waals surface area contributed by atoms with Crippen LogP contribution in [0.2, 0.25) is 5.02 Å². The third-order valence-corrected chi connectivity index (χ3v) is 5.55. The van der Waals surface area contributed by atoms with Crippen LogP contribution >= 0.6 is 11.6 Å². The summed E-state index contributed by atoms with van der Waals surface area (Å²) in [4.78, 5) is 16.9. The Bertz CT molecular complexity index is 546. The Hall–Kier alpha value is -1.13. The molecule has 2 heterocycles. The van der Waals surface area contributed by atoms with Gasteiger partial charge in [0.2, 0.25) is 0 Å². The van der Waals surface area contributed by atoms with E-state index in [1.165, 1.54) is 38.1 Å². The minimum absolute atomic E-state index is 0.112. The molecule has 0 N–H and O–H groups in total. The molecule has 0 aromatic heterocycles. The maximum atomic E-state index is 13.4. The first-order chi connectivity index (χ1) is 11.0. The molecule has 0 bridgehead atoms. The number of nitrogens with zero attached hydrogens (tertiary/aromatic N) is 2. The van der Waals surface area contributed by atoms with E-state index < -0.39 is 5.82 Å². The Balaban J connectivity index is 1.58. The van der Waals surface area contributed by atoms with Crippen molar-refractivity contribution >= 4 is 17.5 Å². The molecule has 0 saturated carbocycles. The van der Waals surface area contributed by atoms with Gasteiger partial charge in [-0.1, -0.05) is 11.6 Å². The number of amides is 1. The summed E-state index contributed by atoms with van der Waals surface area (Å²) in [5.41, 5.74) is 0.348. The molecule has 2 aliphatic rings. The lowest BCUT2D eigenvalue weighted by Gasteiger charge is -2.38. The fourth-order valence-electron chi connectivity index (χ4n) is 3.89. The maximum absolute atomic E-state index is 13.4. The fraction of sp³-hybridized carbons (Fsp3) is 0.611. The van der Waals surface area contributed by atoms with E-state index >= 15 is 0 Å². The molecule has 0 radical (unpaired) electrons. The standard InChI is InChI=1S/C18H24ClFN2O/c1-13(21-6-2-3-7-21)14-4-8-22(9-5-14)18(23)15-10-16(19)12-17(20)11-15/h10-14H,2-9H2,1H3/t13-/m1/s1. The lowest BCUT2D eigenvalue weighted by molar-refractivity contribution is 0.0624. The van der Waals surface area contributed by atoms with Crippen molar-refractivity contribution in [1.29, 1.82) is 0 Å². The molecular formula is C18H24ClFN2O. The second-order valence-corrected chi connectivity index (χ2v) is 7.21. The molecule has 2 fully saturated rings. The summed E-state index contributed by atoms with van der Waals surface area (Å²) < 4.78 is 13.4. The molecule has 126 valence electrons. The predicted molar refractivity (Wildman–Crippen MR) is 90.3 cm³/mol. The van der Waals surface area contributed by atoms with Gasteiger partial charge in [-0.25, -0.2) is 4.39 Å². The SMILES string of the molecule is C[C@H](C1CCN(C(=O)c2cc(F)cc(Cl)c2)CC1)N1CCCC1. The molecule has 1 aromatic rings. The summed E-state index contributed by atoms with van der Waals surface area (Å²) in [6, 6.07) is 4.64. The van der Waals surface area contributed by atoms with Crippen LogP contribution in [0.4, 0.5) is 4.39 Å². The smallest absolute Gasteiger partial charge is 0.254 e. The van der Waals surface area contributed by atoms with Gasteiger partial charge in [0.1, 0.15) is 5.82 Å². The first-order valence-corrected chi connectivity index (χ1v) is 8.92. The number of rotatable bonds is 3. The summed E-state index contributed by atoms with van der Waals surface area (Å²) in [6.45, 7) is 6.23. The van der Waals surface area contributed by atoms with Crippen molar-refractivity contribution in [2.75, 3.05) is 26.2 Å². The summed E-state index contributed by atoms with van der Waals surface area (Å²) in [6.07, 6.45) is 4.66. The molecule has 3 rings (SSSR count). The van der Waals surface area contributed by atoms with Crippen LogP contribution in [0.1, 0.15) is 43.0 Å². The third kappa shape index (κ3) is 3.86. The number of carbonyl (C=O) groups is 1. The molecule has 0 unspecified atom stereocenters. The van der Waals surface area contributed by atoms with Gasteiger partial charge < -0.3 is 9.80 Å². The lowest BCUT2D eigenvalue weighted by atomic mass is 9.89. The Morgan fingerprint density at radius 2 is 1.83 bits per heavy atom. The van der Waals surface area contributed by atoms with E-state index in [0.717, 1.165) is 25.9 Å². The summed E-state index contributed by atoms with van der Waals surface area (Å²) >= 11 is 5.85. The van der Waals surface area contributed by atoms with Crippen LogP contribution in [0.5, 0.6) is 0 Å². The van der Waals surface area contributed by atoms with Crippen LogP contribution in [0.15, 0.2) is 18.2 Å². The average molecular weight is 339 g/mol. The number of likely N-dealkylation sites (tertiary alicyclic amines) is 2. The van der Waals surface area contributed by atoms with Crippen LogP contribution < -0.4 is 0 Å². The van der Waals surface area contributed by atoms with Crippen molar-refractivity contribution in [3.8, 4) is 0 Å². The highest BCUT2D eigenvalue weighted by Gasteiger charge is 2.30. The number of piperidine rings is 1. The Kier molecular flexibility index (Phi) is 5.22. The second-order valence-electron chi connectivity index (χ2n) is 6.77. The molecule has 1 atom stereocenters. The van der Waals surface area contributed by atoms with Gasteiger partial charge in [0.15, 0.2) is 0 Å². The van der Waals surface area contributed by atoms with Gasteiger partial charge in [-0.2, -0.15) is 0 Å². The van der Waals surface area contributed by atoms with Crippen molar-refractivity contribution < 1.29 is 9.18 Å². The van der Waals surface area contributed by atoms with Gasteiger partial charge in [0.25, 0.3) is 5.91 Å². The number of hydrogen-bond donors (Lipinski definition) is 0. The molecule has 2 aliphatic heterocycles. The van der Waals surface area contributed by atoms with E-state index in [1.54, 1.807) is 6.07 Å². The Labute approximate surface area is 142 Å². The highest BCUT2D eigenvalue weighted by Crippen LogP contribution is 2.27. The average Bonchev–Trinajstić information content (AvgIpc) is 3.07. The summed E-state index contributed by atoms with van der Waals surface area (Å²) in [7, 11) is 0. The van der Waals surface area contributed by atoms with Crippen LogP contribution in [0.3, 0.4) is 0 Å². The number of carbonyl (C=O) groups excluding carboxylic acids is 1. The van der Waals surface area contributed by atoms with Gasteiger partial charge in [0.05, 0.1) is 0 Å². The molecule has 0 aliphatic carbocycles. The summed E-state index contributed by atoms with van der Waals surface area (Å²) in [5, 5.41) is 0.269. The van der Waals surface area contributed by atoms with Crippen molar-refractivity contribution in [3.05, 3.63) is 34.6 Å². The van der Waals surface area contributed by atoms with Crippen molar-refractivity contribution in [3.63, 3.8) is 0 Å². The van der Waals surface area contributed by atoms with E-state index in [0.29, 0.717) is 17.5 Å². The number of benzene rings is 1. The van der Waals surface area contributed by atoms with Crippen molar-refractivity contribution in [2.45, 2.75) is 38.6 Å². The molecular weight excluding hydrogens is 315 g/mol. The molecule has 1 amide bonds. The minimum Gasteiger partial charge on any atom is -0.339 e. The van der Waals surface area contributed by atoms with Gasteiger partial charge in [-0.05, 0) is 69.8 Å². The fourth-order valence-corrected chi connectivity index (χ4v) is 4.11. The highest BCUT2D eigenvalue weighted by molar-refractivity contribution is 6.31. The van der Waals surface area contributed by atoms with E-state index in [-0.39, 0.29) is 10.9 Å². The zero-order chi connectivity index (χ0) is 16.4. The Morgan fingerprint density at radius 3 is 2.43 bits per heavy atom. The van der Waals surface area contributed by atoms with Gasteiger partial charge in [0, 0.05) is 29.7 Å². The van der Waals surface area contributed by atoms with Gasteiger partial charge >= 0.3 is 0 Å². The first-order valence-electron chi connectivity index (χ1n) is 8.54. The second kappa shape index (κ2) is 7.18. The van der Waals surface area contributed by atoms with E-state index in [2.05, 4.69) is 11.8 Å². The molecule has 1 aromatic carbocycles. The van der Waals surface area contributed by atoms with Crippen LogP contribution in [0, 0.1) is 11.7 Å². The van der Waals surface area contributed by atoms with E-state index in [4.69, 9.17) is 11.6 Å². The minimum atomic E-state index is -0.460. The van der Waals surface area contributed by atoms with Crippen molar-refractivity contribution in [1.82, 2.24) is 9.80 Å². The largest absolute Gasteiger partial charge is 0.339 e. The quantitative estimate of drug-likeness (QED) is 0.836. The highest BCUT2D eigenvalue weighted by atomic mass is 35.5. The topological polar surface area (TPSA) is 23.6 Å². The molecule has 0 spiro atoms. The summed E-state index contributed by atoms with van der Waals surface area (Å²) in [5.74, 6) is 0.0744. The van der Waals surface area contributed by atoms with Gasteiger partial charge in [-0.3, -0.25) is 4.79 Å². The van der Waals surface area contributed by atoms with E-state index in [9.17, 15) is 9.18 Å². The molecule has 3 nitrogen and oxygen atoms in total. The molecule has 5 heteroatoms. The monoisotopic (exact) mass is 338 g/mol. The maximum Gasteiger partial charge on any atom is 0.254 e. The first kappa shape index (κ1) is 16.7. The zero-order valence-corrected chi connectivity index (χ0v) is 14.4. The normalized spacial score (nSPS) is 21.6. The number of hydrogen-bond acceptors (Lipinski definition) is 2. The lowest BCUT2D eigenvalue weighted by Crippen LogP contribution is -2.45. The zero-order valence-electron chi connectivity index (χ0n) is 13.6. The van der Waals surface area contributed by atoms with Gasteiger partial charge in [-0.15, -0.1) is 0 Å². The van der Waals surface area contributed by atoms with Crippen molar-refractivity contribution in [2.24, 2.45) is 5.92 Å². The molecule has 23 heavy (non-hydrogen) atoms. The Morgan fingerprint density at radius 1 is 1.17 bits per heavy atom. The third-order valence-electron chi connectivity index (χ3n) is 5.34. The van der Waals surface area contributed by atoms with Crippen LogP contribution in [-0.2, 0) is 0 Å². The van der Waals surface area contributed by atoms with E-state index in [1.807, 2.05) is 4.90 Å². The van der Waals surface area contributed by atoms with Crippen LogP contribution in [-0.4, -0.2) is 47.9 Å². The predicted octanol–water partition coefficient (Wildman–Crippen LogP) is 3.82. The van der Waals surface area contributed by atoms with Crippen LogP contribution in [0.25, 0.3) is 0 Å². The number of halogens is 2.